The van der Waals surface area contributed by atoms with Crippen LogP contribution in [0.4, 0.5) is 0 Å². The molecule has 15 heavy (non-hydrogen) atoms. The van der Waals surface area contributed by atoms with E-state index in [1.807, 2.05) is 24.3 Å². The van der Waals surface area contributed by atoms with Gasteiger partial charge in [0.1, 0.15) is 0 Å². The van der Waals surface area contributed by atoms with Crippen LogP contribution in [0.1, 0.15) is 0 Å². The van der Waals surface area contributed by atoms with Gasteiger partial charge in [-0.05, 0) is 23.3 Å². The minimum atomic E-state index is 1.01. The van der Waals surface area contributed by atoms with Crippen LogP contribution < -0.4 is 0 Å². The summed E-state index contributed by atoms with van der Waals surface area (Å²) < 4.78 is 0. The maximum atomic E-state index is 4.20. The number of nitrogens with zero attached hydrogens (tertiary/aromatic N) is 1. The quantitative estimate of drug-likeness (QED) is 0.633. The molecular weight excluding hydrogens is 184 g/mol. The first kappa shape index (κ1) is 8.24. The second-order valence-corrected chi connectivity index (χ2v) is 3.50. The van der Waals surface area contributed by atoms with Crippen molar-refractivity contribution in [3.63, 3.8) is 0 Å². The van der Waals surface area contributed by atoms with Gasteiger partial charge in [-0.25, -0.2) is 4.98 Å². The summed E-state index contributed by atoms with van der Waals surface area (Å²) >= 11 is 0. The molecule has 3 aromatic rings. The van der Waals surface area contributed by atoms with Crippen molar-refractivity contribution in [2.45, 2.75) is 0 Å². The van der Waals surface area contributed by atoms with Crippen LogP contribution in [-0.2, 0) is 0 Å². The molecule has 0 saturated carbocycles. The highest BCUT2D eigenvalue weighted by Gasteiger charge is 1.99. The van der Waals surface area contributed by atoms with Gasteiger partial charge in [0.05, 0.1) is 17.4 Å². The van der Waals surface area contributed by atoms with Gasteiger partial charge >= 0.3 is 0 Å². The number of aromatic nitrogens is 2. The van der Waals surface area contributed by atoms with Crippen molar-refractivity contribution in [1.29, 1.82) is 0 Å². The van der Waals surface area contributed by atoms with E-state index < -0.39 is 0 Å². The molecule has 2 heteroatoms. The van der Waals surface area contributed by atoms with Gasteiger partial charge < -0.3 is 4.98 Å². The molecule has 3 rings (SSSR count). The molecule has 0 bridgehead atoms. The zero-order valence-corrected chi connectivity index (χ0v) is 8.14. The molecule has 72 valence electrons. The van der Waals surface area contributed by atoms with E-state index in [-0.39, 0.29) is 0 Å². The van der Waals surface area contributed by atoms with Gasteiger partial charge in [0.15, 0.2) is 0 Å². The van der Waals surface area contributed by atoms with Gasteiger partial charge in [-0.3, -0.25) is 0 Å². The van der Waals surface area contributed by atoms with Crippen LogP contribution in [0.5, 0.6) is 0 Å². The highest BCUT2D eigenvalue weighted by Crippen LogP contribution is 2.22. The normalized spacial score (nSPS) is 10.7. The van der Waals surface area contributed by atoms with Gasteiger partial charge in [0.2, 0.25) is 0 Å². The first-order valence-corrected chi connectivity index (χ1v) is 4.92. The number of hydrogen-bond donors (Lipinski definition) is 1. The maximum Gasteiger partial charge on any atom is 0.0931 e. The van der Waals surface area contributed by atoms with Crippen LogP contribution in [0, 0.1) is 0 Å². The fourth-order valence-electron chi connectivity index (χ4n) is 1.75. The topological polar surface area (TPSA) is 28.7 Å². The molecule has 0 aliphatic heterocycles. The van der Waals surface area contributed by atoms with E-state index in [1.54, 1.807) is 6.33 Å². The van der Waals surface area contributed by atoms with Gasteiger partial charge in [-0.15, -0.1) is 0 Å². The van der Waals surface area contributed by atoms with Crippen LogP contribution >= 0.6 is 0 Å². The zero-order chi connectivity index (χ0) is 10.1. The Kier molecular flexibility index (Phi) is 1.78. The van der Waals surface area contributed by atoms with Crippen molar-refractivity contribution in [3.8, 4) is 11.1 Å². The van der Waals surface area contributed by atoms with Gasteiger partial charge in [0.25, 0.3) is 0 Å². The SMILES string of the molecule is c1ccc(-c2ccc3nc[nH]c3c2)cc1. The number of benzene rings is 2. The average Bonchev–Trinajstić information content (AvgIpc) is 2.77. The molecule has 0 radical (unpaired) electrons. The lowest BCUT2D eigenvalue weighted by molar-refractivity contribution is 1.34. The zero-order valence-electron chi connectivity index (χ0n) is 8.14. The Morgan fingerprint density at radius 1 is 0.867 bits per heavy atom. The Bertz CT molecular complexity index is 582. The van der Waals surface area contributed by atoms with E-state index >= 15 is 0 Å². The second-order valence-electron chi connectivity index (χ2n) is 3.50. The van der Waals surface area contributed by atoms with E-state index in [1.165, 1.54) is 11.1 Å². The molecule has 0 atom stereocenters. The summed E-state index contributed by atoms with van der Waals surface area (Å²) in [6.45, 7) is 0. The third-order valence-electron chi connectivity index (χ3n) is 2.53. The fraction of sp³-hybridized carbons (Fsp3) is 0. The van der Waals surface area contributed by atoms with Gasteiger partial charge in [-0.2, -0.15) is 0 Å². The number of hydrogen-bond acceptors (Lipinski definition) is 1. The number of imidazole rings is 1. The Balaban J connectivity index is 2.19. The molecule has 0 aliphatic rings. The molecule has 2 aromatic carbocycles. The summed E-state index contributed by atoms with van der Waals surface area (Å²) in [7, 11) is 0. The van der Waals surface area contributed by atoms with E-state index in [0.717, 1.165) is 11.0 Å². The molecule has 1 aromatic heterocycles. The van der Waals surface area contributed by atoms with Crippen molar-refractivity contribution in [1.82, 2.24) is 9.97 Å². The molecule has 0 unspecified atom stereocenters. The van der Waals surface area contributed by atoms with Crippen molar-refractivity contribution < 1.29 is 0 Å². The lowest BCUT2D eigenvalue weighted by Gasteiger charge is -2.00. The number of H-pyrrole nitrogens is 1. The van der Waals surface area contributed by atoms with Crippen molar-refractivity contribution in [2.24, 2.45) is 0 Å². The molecule has 0 aliphatic carbocycles. The van der Waals surface area contributed by atoms with Crippen molar-refractivity contribution in [2.75, 3.05) is 0 Å². The lowest BCUT2D eigenvalue weighted by atomic mass is 10.1. The highest BCUT2D eigenvalue weighted by molar-refractivity contribution is 5.81. The van der Waals surface area contributed by atoms with Crippen LogP contribution in [0.25, 0.3) is 22.2 Å². The molecule has 0 amide bonds. The Morgan fingerprint density at radius 2 is 1.73 bits per heavy atom. The molecular formula is C13H10N2. The summed E-state index contributed by atoms with van der Waals surface area (Å²) in [6.07, 6.45) is 1.72. The first-order chi connectivity index (χ1) is 7.43. The van der Waals surface area contributed by atoms with Gasteiger partial charge in [-0.1, -0.05) is 36.4 Å². The summed E-state index contributed by atoms with van der Waals surface area (Å²) in [6, 6.07) is 16.6. The summed E-state index contributed by atoms with van der Waals surface area (Å²) in [4.78, 5) is 7.32. The number of nitrogens with one attached hydrogen (secondary N) is 1. The first-order valence-electron chi connectivity index (χ1n) is 4.92. The minimum absolute atomic E-state index is 1.01. The van der Waals surface area contributed by atoms with Gasteiger partial charge in [0, 0.05) is 0 Å². The average molecular weight is 194 g/mol. The van der Waals surface area contributed by atoms with Crippen LogP contribution in [-0.4, -0.2) is 9.97 Å². The Labute approximate surface area is 87.6 Å². The molecule has 1 heterocycles. The van der Waals surface area contributed by atoms with Crippen LogP contribution in [0.15, 0.2) is 54.9 Å². The van der Waals surface area contributed by atoms with E-state index in [9.17, 15) is 0 Å². The summed E-state index contributed by atoms with van der Waals surface area (Å²) in [5.41, 5.74) is 4.53. The summed E-state index contributed by atoms with van der Waals surface area (Å²) in [5, 5.41) is 0. The highest BCUT2D eigenvalue weighted by atomic mass is 14.9. The Hall–Kier alpha value is -2.09. The third-order valence-corrected chi connectivity index (χ3v) is 2.53. The largest absolute Gasteiger partial charge is 0.345 e. The van der Waals surface area contributed by atoms with E-state index in [0.29, 0.717) is 0 Å². The standard InChI is InChI=1S/C13H10N2/c1-2-4-10(5-3-1)11-6-7-12-13(8-11)15-9-14-12/h1-9H,(H,14,15). The fourth-order valence-corrected chi connectivity index (χ4v) is 1.75. The molecule has 0 spiro atoms. The van der Waals surface area contributed by atoms with Crippen LogP contribution in [0.3, 0.4) is 0 Å². The second kappa shape index (κ2) is 3.24. The summed E-state index contributed by atoms with van der Waals surface area (Å²) in [5.74, 6) is 0. The number of rotatable bonds is 1. The molecule has 1 N–H and O–H groups in total. The molecule has 0 fully saturated rings. The predicted molar refractivity (Wildman–Crippen MR) is 61.5 cm³/mol. The Morgan fingerprint density at radius 3 is 2.60 bits per heavy atom. The monoisotopic (exact) mass is 194 g/mol. The number of aromatic amines is 1. The lowest BCUT2D eigenvalue weighted by Crippen LogP contribution is -1.77. The van der Waals surface area contributed by atoms with E-state index in [4.69, 9.17) is 0 Å². The number of fused-ring (bicyclic) bond motifs is 1. The molecule has 2 nitrogen and oxygen atoms in total. The maximum absolute atomic E-state index is 4.20. The van der Waals surface area contributed by atoms with Crippen molar-refractivity contribution in [3.05, 3.63) is 54.9 Å². The predicted octanol–water partition coefficient (Wildman–Crippen LogP) is 3.23. The third kappa shape index (κ3) is 1.40. The molecule has 0 saturated heterocycles. The smallest absolute Gasteiger partial charge is 0.0931 e. The van der Waals surface area contributed by atoms with Crippen molar-refractivity contribution >= 4 is 11.0 Å². The minimum Gasteiger partial charge on any atom is -0.345 e. The van der Waals surface area contributed by atoms with Crippen LogP contribution in [0.2, 0.25) is 0 Å². The van der Waals surface area contributed by atoms with E-state index in [2.05, 4.69) is 34.2 Å².